The Kier molecular flexibility index (Phi) is 5.34. The van der Waals surface area contributed by atoms with E-state index in [1.807, 2.05) is 29.7 Å². The van der Waals surface area contributed by atoms with Crippen LogP contribution in [0, 0.1) is 12.8 Å². The van der Waals surface area contributed by atoms with Crippen molar-refractivity contribution in [2.24, 2.45) is 13.0 Å². The molecule has 9 heteroatoms. The fourth-order valence-electron chi connectivity index (χ4n) is 4.48. The highest BCUT2D eigenvalue weighted by Crippen LogP contribution is 2.33. The molecule has 0 amide bonds. The van der Waals surface area contributed by atoms with Crippen molar-refractivity contribution in [3.8, 4) is 0 Å². The van der Waals surface area contributed by atoms with E-state index in [9.17, 15) is 9.59 Å². The van der Waals surface area contributed by atoms with Gasteiger partial charge in [0.2, 0.25) is 5.95 Å². The number of anilines is 2. The third kappa shape index (κ3) is 3.65. The SMILES string of the molecule is Cc1cccc(N2C[C@H](C)Cn3c2nc2c3c(=O)n(Cc3ccc(Cl)cc3Cl)c(=O)n2C)c1. The summed E-state index contributed by atoms with van der Waals surface area (Å²) in [6.45, 7) is 5.66. The van der Waals surface area contributed by atoms with Crippen LogP contribution in [0.1, 0.15) is 18.1 Å². The van der Waals surface area contributed by atoms with E-state index in [1.54, 1.807) is 25.2 Å². The van der Waals surface area contributed by atoms with Gasteiger partial charge in [0.1, 0.15) is 0 Å². The van der Waals surface area contributed by atoms with Gasteiger partial charge in [-0.15, -0.1) is 0 Å². The molecule has 5 rings (SSSR count). The van der Waals surface area contributed by atoms with Gasteiger partial charge in [0.15, 0.2) is 11.2 Å². The minimum Gasteiger partial charge on any atom is -0.312 e. The van der Waals surface area contributed by atoms with Crippen LogP contribution in [-0.4, -0.2) is 25.2 Å². The van der Waals surface area contributed by atoms with Crippen molar-refractivity contribution in [3.63, 3.8) is 0 Å². The van der Waals surface area contributed by atoms with Gasteiger partial charge in [0, 0.05) is 35.9 Å². The first-order chi connectivity index (χ1) is 15.7. The topological polar surface area (TPSA) is 65.1 Å². The smallest absolute Gasteiger partial charge is 0.312 e. The lowest BCUT2D eigenvalue weighted by atomic mass is 10.1. The van der Waals surface area contributed by atoms with E-state index >= 15 is 0 Å². The number of nitrogens with zero attached hydrogens (tertiary/aromatic N) is 5. The zero-order valence-electron chi connectivity index (χ0n) is 18.5. The Morgan fingerprint density at radius 3 is 2.61 bits per heavy atom. The number of rotatable bonds is 3. The van der Waals surface area contributed by atoms with Gasteiger partial charge >= 0.3 is 5.69 Å². The number of imidazole rings is 1. The molecular weight excluding hydrogens is 461 g/mol. The Bertz CT molecular complexity index is 1520. The van der Waals surface area contributed by atoms with Gasteiger partial charge in [0.05, 0.1) is 6.54 Å². The number of aromatic nitrogens is 4. The summed E-state index contributed by atoms with van der Waals surface area (Å²) in [5.74, 6) is 0.953. The van der Waals surface area contributed by atoms with Crippen molar-refractivity contribution in [1.82, 2.24) is 18.7 Å². The number of hydrogen-bond acceptors (Lipinski definition) is 4. The number of aryl methyl sites for hydroxylation is 2. The summed E-state index contributed by atoms with van der Waals surface area (Å²) in [5.41, 5.74) is 2.78. The van der Waals surface area contributed by atoms with Gasteiger partial charge in [-0.1, -0.05) is 48.3 Å². The summed E-state index contributed by atoms with van der Waals surface area (Å²) < 4.78 is 4.58. The molecule has 0 saturated carbocycles. The van der Waals surface area contributed by atoms with Crippen molar-refractivity contribution in [1.29, 1.82) is 0 Å². The Morgan fingerprint density at radius 1 is 1.09 bits per heavy atom. The molecule has 2 aromatic carbocycles. The first kappa shape index (κ1) is 21.8. The van der Waals surface area contributed by atoms with Crippen LogP contribution in [-0.2, 0) is 20.1 Å². The Balaban J connectivity index is 1.72. The number of halogens is 2. The fraction of sp³-hybridized carbons (Fsp3) is 0.292. The Morgan fingerprint density at radius 2 is 1.88 bits per heavy atom. The normalized spacial score (nSPS) is 15.8. The molecule has 0 bridgehead atoms. The monoisotopic (exact) mass is 483 g/mol. The zero-order chi connectivity index (χ0) is 23.4. The number of hydrogen-bond donors (Lipinski definition) is 0. The molecule has 1 aliphatic rings. The molecule has 1 aliphatic heterocycles. The van der Waals surface area contributed by atoms with Crippen LogP contribution in [0.15, 0.2) is 52.1 Å². The van der Waals surface area contributed by atoms with Crippen molar-refractivity contribution in [2.45, 2.75) is 26.9 Å². The predicted molar refractivity (Wildman–Crippen MR) is 132 cm³/mol. The molecule has 0 unspecified atom stereocenters. The maximum absolute atomic E-state index is 13.6. The maximum atomic E-state index is 13.6. The highest BCUT2D eigenvalue weighted by atomic mass is 35.5. The molecule has 2 aromatic heterocycles. The summed E-state index contributed by atoms with van der Waals surface area (Å²) in [4.78, 5) is 33.7. The van der Waals surface area contributed by atoms with E-state index in [2.05, 4.69) is 17.9 Å². The maximum Gasteiger partial charge on any atom is 0.332 e. The molecule has 0 spiro atoms. The lowest BCUT2D eigenvalue weighted by molar-refractivity contribution is 0.458. The molecule has 3 heterocycles. The van der Waals surface area contributed by atoms with Gasteiger partial charge in [-0.2, -0.15) is 4.98 Å². The molecule has 170 valence electrons. The lowest BCUT2D eigenvalue weighted by Gasteiger charge is -2.33. The third-order valence-corrected chi connectivity index (χ3v) is 6.69. The molecule has 4 aromatic rings. The second kappa shape index (κ2) is 8.08. The lowest BCUT2D eigenvalue weighted by Crippen LogP contribution is -2.40. The van der Waals surface area contributed by atoms with E-state index in [0.29, 0.717) is 39.3 Å². The van der Waals surface area contributed by atoms with E-state index in [4.69, 9.17) is 28.2 Å². The number of benzene rings is 2. The Hall–Kier alpha value is -3.03. The number of fused-ring (bicyclic) bond motifs is 3. The van der Waals surface area contributed by atoms with E-state index in [-0.39, 0.29) is 18.0 Å². The average Bonchev–Trinajstić information content (AvgIpc) is 3.15. The molecule has 0 radical (unpaired) electrons. The van der Waals surface area contributed by atoms with E-state index in [1.165, 1.54) is 9.13 Å². The highest BCUT2D eigenvalue weighted by molar-refractivity contribution is 6.35. The summed E-state index contributed by atoms with van der Waals surface area (Å²) in [6, 6.07) is 13.2. The summed E-state index contributed by atoms with van der Waals surface area (Å²) in [5, 5.41) is 0.903. The average molecular weight is 484 g/mol. The molecule has 33 heavy (non-hydrogen) atoms. The van der Waals surface area contributed by atoms with Gasteiger partial charge in [-0.3, -0.25) is 13.9 Å². The second-order valence-corrected chi connectivity index (χ2v) is 9.56. The van der Waals surface area contributed by atoms with E-state index < -0.39 is 5.69 Å². The van der Waals surface area contributed by atoms with E-state index in [0.717, 1.165) is 17.8 Å². The van der Waals surface area contributed by atoms with Crippen molar-refractivity contribution in [2.75, 3.05) is 11.4 Å². The zero-order valence-corrected chi connectivity index (χ0v) is 20.1. The molecule has 0 saturated heterocycles. The second-order valence-electron chi connectivity index (χ2n) is 8.72. The molecule has 0 fully saturated rings. The van der Waals surface area contributed by atoms with Crippen LogP contribution in [0.5, 0.6) is 0 Å². The minimum atomic E-state index is -0.441. The largest absolute Gasteiger partial charge is 0.332 e. The quantitative estimate of drug-likeness (QED) is 0.434. The van der Waals surface area contributed by atoms with Crippen LogP contribution >= 0.6 is 23.2 Å². The molecule has 0 N–H and O–H groups in total. The van der Waals surface area contributed by atoms with Gasteiger partial charge < -0.3 is 9.47 Å². The van der Waals surface area contributed by atoms with Crippen LogP contribution in [0.25, 0.3) is 11.2 Å². The first-order valence-electron chi connectivity index (χ1n) is 10.7. The summed E-state index contributed by atoms with van der Waals surface area (Å²) in [7, 11) is 1.64. The van der Waals surface area contributed by atoms with Crippen molar-refractivity contribution in [3.05, 3.63) is 84.5 Å². The molecular formula is C24H23Cl2N5O2. The molecule has 7 nitrogen and oxygen atoms in total. The minimum absolute atomic E-state index is 0.0507. The summed E-state index contributed by atoms with van der Waals surface area (Å²) >= 11 is 12.3. The van der Waals surface area contributed by atoms with Gasteiger partial charge in [-0.25, -0.2) is 4.79 Å². The third-order valence-electron chi connectivity index (χ3n) is 6.10. The van der Waals surface area contributed by atoms with Crippen LogP contribution < -0.4 is 16.1 Å². The van der Waals surface area contributed by atoms with Crippen molar-refractivity contribution < 1.29 is 0 Å². The van der Waals surface area contributed by atoms with Gasteiger partial charge in [0.25, 0.3) is 5.56 Å². The standard InChI is InChI=1S/C24H23Cl2N5O2/c1-14-5-4-6-18(9-14)29-11-15(2)12-30-20-21(27-23(29)30)28(3)24(33)31(22(20)32)13-16-7-8-17(25)10-19(16)26/h4-10,15H,11-13H2,1-3H3/t15-/m0/s1. The molecule has 1 atom stereocenters. The van der Waals surface area contributed by atoms with Gasteiger partial charge in [-0.05, 0) is 48.2 Å². The van der Waals surface area contributed by atoms with Crippen LogP contribution in [0.3, 0.4) is 0 Å². The highest BCUT2D eigenvalue weighted by Gasteiger charge is 2.30. The predicted octanol–water partition coefficient (Wildman–Crippen LogP) is 4.35. The van der Waals surface area contributed by atoms with Crippen LogP contribution in [0.2, 0.25) is 10.0 Å². The fourth-order valence-corrected chi connectivity index (χ4v) is 4.95. The van der Waals surface area contributed by atoms with Crippen LogP contribution in [0.4, 0.5) is 11.6 Å². The van der Waals surface area contributed by atoms with Crippen molar-refractivity contribution >= 4 is 46.0 Å². The molecule has 0 aliphatic carbocycles. The summed E-state index contributed by atoms with van der Waals surface area (Å²) in [6.07, 6.45) is 0. The first-order valence-corrected chi connectivity index (χ1v) is 11.5. The Labute approximate surface area is 200 Å².